The summed E-state index contributed by atoms with van der Waals surface area (Å²) in [4.78, 5) is 33.2. The number of hydrogen-bond acceptors (Lipinski definition) is 6. The van der Waals surface area contributed by atoms with Gasteiger partial charge in [-0.2, -0.15) is 0 Å². The normalized spacial score (nSPS) is 18.1. The molecule has 0 unspecified atom stereocenters. The van der Waals surface area contributed by atoms with E-state index in [0.29, 0.717) is 5.69 Å². The maximum atomic E-state index is 11.8. The van der Waals surface area contributed by atoms with Gasteiger partial charge in [-0.15, -0.1) is 0 Å². The largest absolute Gasteiger partial charge is 0.388 e. The van der Waals surface area contributed by atoms with Gasteiger partial charge in [0.1, 0.15) is 22.8 Å². The van der Waals surface area contributed by atoms with Gasteiger partial charge in [0, 0.05) is 6.20 Å². The molecule has 1 fully saturated rings. The highest BCUT2D eigenvalue weighted by atomic mass is 32.1. The number of anilines is 1. The van der Waals surface area contributed by atoms with E-state index in [1.807, 2.05) is 0 Å². The van der Waals surface area contributed by atoms with Crippen LogP contribution in [0.1, 0.15) is 19.5 Å². The number of imide groups is 1. The van der Waals surface area contributed by atoms with Gasteiger partial charge in [0.25, 0.3) is 5.91 Å². The molecule has 7 nitrogen and oxygen atoms in total. The van der Waals surface area contributed by atoms with Crippen molar-refractivity contribution in [1.82, 2.24) is 15.3 Å². The van der Waals surface area contributed by atoms with Crippen molar-refractivity contribution in [3.8, 4) is 0 Å². The molecule has 1 aliphatic rings. The second-order valence-electron chi connectivity index (χ2n) is 4.63. The van der Waals surface area contributed by atoms with E-state index in [9.17, 15) is 9.59 Å². The SMILES string of the molecule is CC1(C)C(=O)NC(=O)CN1c1nccc(C(N)=S)n1. The molecule has 0 aromatic carbocycles. The van der Waals surface area contributed by atoms with Crippen LogP contribution in [0.15, 0.2) is 12.3 Å². The lowest BCUT2D eigenvalue weighted by molar-refractivity contribution is -0.135. The number of nitrogens with two attached hydrogens (primary N) is 1. The molecular formula is C11H13N5O2S. The number of hydrogen-bond donors (Lipinski definition) is 2. The van der Waals surface area contributed by atoms with Crippen molar-refractivity contribution in [3.05, 3.63) is 18.0 Å². The third-order valence-corrected chi connectivity index (χ3v) is 3.13. The molecule has 8 heteroatoms. The van der Waals surface area contributed by atoms with E-state index in [1.54, 1.807) is 19.9 Å². The van der Waals surface area contributed by atoms with Gasteiger partial charge in [-0.1, -0.05) is 12.2 Å². The summed E-state index contributed by atoms with van der Waals surface area (Å²) < 4.78 is 0. The van der Waals surface area contributed by atoms with Crippen LogP contribution in [0.3, 0.4) is 0 Å². The molecule has 19 heavy (non-hydrogen) atoms. The zero-order chi connectivity index (χ0) is 14.2. The van der Waals surface area contributed by atoms with Gasteiger partial charge in [0.05, 0.1) is 0 Å². The first kappa shape index (κ1) is 13.3. The standard InChI is InChI=1S/C11H13N5O2S/c1-11(2)9(18)15-7(17)5-16(11)10-13-4-3-6(14-10)8(12)19/h3-4H,5H2,1-2H3,(H2,12,19)(H,15,17,18). The molecule has 0 spiro atoms. The highest BCUT2D eigenvalue weighted by Gasteiger charge is 2.42. The molecule has 2 heterocycles. The Kier molecular flexibility index (Phi) is 3.19. The van der Waals surface area contributed by atoms with Crippen molar-refractivity contribution in [3.63, 3.8) is 0 Å². The van der Waals surface area contributed by atoms with Crippen molar-refractivity contribution in [2.45, 2.75) is 19.4 Å². The van der Waals surface area contributed by atoms with Crippen LogP contribution in [0, 0.1) is 0 Å². The number of aromatic nitrogens is 2. The lowest BCUT2D eigenvalue weighted by Gasteiger charge is -2.40. The van der Waals surface area contributed by atoms with Crippen molar-refractivity contribution in [2.24, 2.45) is 5.73 Å². The number of rotatable bonds is 2. The molecule has 1 saturated heterocycles. The molecule has 0 radical (unpaired) electrons. The highest BCUT2D eigenvalue weighted by molar-refractivity contribution is 7.80. The van der Waals surface area contributed by atoms with Crippen LogP contribution in [0.5, 0.6) is 0 Å². The van der Waals surface area contributed by atoms with Gasteiger partial charge in [-0.3, -0.25) is 14.9 Å². The second-order valence-corrected chi connectivity index (χ2v) is 5.07. The molecule has 0 atom stereocenters. The van der Waals surface area contributed by atoms with E-state index >= 15 is 0 Å². The van der Waals surface area contributed by atoms with Gasteiger partial charge in [0.15, 0.2) is 0 Å². The fourth-order valence-corrected chi connectivity index (χ4v) is 1.83. The Morgan fingerprint density at radius 2 is 2.21 bits per heavy atom. The van der Waals surface area contributed by atoms with Crippen LogP contribution in [0.4, 0.5) is 5.95 Å². The average Bonchev–Trinajstić information content (AvgIpc) is 2.34. The molecule has 2 amide bonds. The smallest absolute Gasteiger partial charge is 0.252 e. The van der Waals surface area contributed by atoms with E-state index in [0.717, 1.165) is 0 Å². The summed E-state index contributed by atoms with van der Waals surface area (Å²) >= 11 is 4.85. The van der Waals surface area contributed by atoms with Crippen molar-refractivity contribution >= 4 is 35.0 Å². The molecule has 1 aromatic heterocycles. The molecular weight excluding hydrogens is 266 g/mol. The lowest BCUT2D eigenvalue weighted by Crippen LogP contribution is -2.64. The maximum absolute atomic E-state index is 11.8. The Labute approximate surface area is 115 Å². The van der Waals surface area contributed by atoms with Crippen molar-refractivity contribution < 1.29 is 9.59 Å². The number of piperazine rings is 1. The number of thiocarbonyl (C=S) groups is 1. The van der Waals surface area contributed by atoms with E-state index in [1.165, 1.54) is 11.1 Å². The zero-order valence-corrected chi connectivity index (χ0v) is 11.3. The number of carbonyl (C=O) groups is 2. The molecule has 0 saturated carbocycles. The number of nitrogens with zero attached hydrogens (tertiary/aromatic N) is 3. The van der Waals surface area contributed by atoms with Crippen LogP contribution in [0.25, 0.3) is 0 Å². The topological polar surface area (TPSA) is 101 Å². The van der Waals surface area contributed by atoms with Gasteiger partial charge >= 0.3 is 0 Å². The van der Waals surface area contributed by atoms with Gasteiger partial charge in [0.2, 0.25) is 11.9 Å². The summed E-state index contributed by atoms with van der Waals surface area (Å²) in [6, 6.07) is 1.57. The minimum atomic E-state index is -0.928. The van der Waals surface area contributed by atoms with Gasteiger partial charge < -0.3 is 10.6 Å². The quantitative estimate of drug-likeness (QED) is 0.548. The summed E-state index contributed by atoms with van der Waals surface area (Å²) in [5.41, 5.74) is 4.98. The summed E-state index contributed by atoms with van der Waals surface area (Å²) in [7, 11) is 0. The summed E-state index contributed by atoms with van der Waals surface area (Å²) in [6.45, 7) is 3.37. The zero-order valence-electron chi connectivity index (χ0n) is 10.5. The first-order chi connectivity index (χ1) is 8.82. The fraction of sp³-hybridized carbons (Fsp3) is 0.364. The van der Waals surface area contributed by atoms with Crippen LogP contribution in [-0.2, 0) is 9.59 Å². The molecule has 1 aromatic rings. The fourth-order valence-electron chi connectivity index (χ4n) is 1.72. The highest BCUT2D eigenvalue weighted by Crippen LogP contribution is 2.23. The van der Waals surface area contributed by atoms with Crippen LogP contribution in [-0.4, -0.2) is 38.9 Å². The summed E-state index contributed by atoms with van der Waals surface area (Å²) in [6.07, 6.45) is 1.49. The Hall–Kier alpha value is -2.09. The number of carbonyl (C=O) groups excluding carboxylic acids is 2. The van der Waals surface area contributed by atoms with Crippen LogP contribution < -0.4 is 16.0 Å². The first-order valence-corrected chi connectivity index (χ1v) is 5.98. The Balaban J connectivity index is 2.44. The number of amides is 2. The first-order valence-electron chi connectivity index (χ1n) is 5.57. The van der Waals surface area contributed by atoms with Gasteiger partial charge in [-0.05, 0) is 19.9 Å². The molecule has 3 N–H and O–H groups in total. The lowest BCUT2D eigenvalue weighted by atomic mass is 9.99. The monoisotopic (exact) mass is 279 g/mol. The van der Waals surface area contributed by atoms with Crippen LogP contribution >= 0.6 is 12.2 Å². The predicted molar refractivity (Wildman–Crippen MR) is 72.5 cm³/mol. The minimum absolute atomic E-state index is 0.000470. The third kappa shape index (κ3) is 2.39. The molecule has 1 aliphatic heterocycles. The van der Waals surface area contributed by atoms with E-state index in [4.69, 9.17) is 18.0 Å². The summed E-state index contributed by atoms with van der Waals surface area (Å²) in [5.74, 6) is -0.541. The predicted octanol–water partition coefficient (Wildman–Crippen LogP) is -0.648. The Bertz CT molecular complexity index is 572. The van der Waals surface area contributed by atoms with E-state index in [-0.39, 0.29) is 17.5 Å². The molecule has 0 bridgehead atoms. The number of nitrogens with one attached hydrogen (secondary N) is 1. The Morgan fingerprint density at radius 1 is 1.53 bits per heavy atom. The molecule has 2 rings (SSSR count). The Morgan fingerprint density at radius 3 is 2.84 bits per heavy atom. The van der Waals surface area contributed by atoms with Crippen molar-refractivity contribution in [2.75, 3.05) is 11.4 Å². The molecule has 0 aliphatic carbocycles. The van der Waals surface area contributed by atoms with Gasteiger partial charge in [-0.25, -0.2) is 9.97 Å². The third-order valence-electron chi connectivity index (χ3n) is 2.92. The van der Waals surface area contributed by atoms with Crippen molar-refractivity contribution in [1.29, 1.82) is 0 Å². The average molecular weight is 279 g/mol. The van der Waals surface area contributed by atoms with E-state index in [2.05, 4.69) is 15.3 Å². The second kappa shape index (κ2) is 4.54. The van der Waals surface area contributed by atoms with Crippen LogP contribution in [0.2, 0.25) is 0 Å². The molecule has 100 valence electrons. The summed E-state index contributed by atoms with van der Waals surface area (Å²) in [5, 5.41) is 2.28. The van der Waals surface area contributed by atoms with E-state index < -0.39 is 17.4 Å². The maximum Gasteiger partial charge on any atom is 0.252 e. The minimum Gasteiger partial charge on any atom is -0.388 e.